The van der Waals surface area contributed by atoms with Crippen molar-refractivity contribution in [2.75, 3.05) is 36.1 Å². The number of benzene rings is 2. The van der Waals surface area contributed by atoms with Crippen molar-refractivity contribution in [1.29, 1.82) is 0 Å². The minimum absolute atomic E-state index is 0.241. The van der Waals surface area contributed by atoms with E-state index in [-0.39, 0.29) is 13.2 Å². The molecule has 30 heavy (non-hydrogen) atoms. The van der Waals surface area contributed by atoms with Gasteiger partial charge in [0.2, 0.25) is 0 Å². The van der Waals surface area contributed by atoms with Gasteiger partial charge in [0.25, 0.3) is 0 Å². The van der Waals surface area contributed by atoms with E-state index in [9.17, 15) is 9.59 Å². The first-order valence-electron chi connectivity index (χ1n) is 9.78. The van der Waals surface area contributed by atoms with E-state index in [1.54, 1.807) is 13.8 Å². The van der Waals surface area contributed by atoms with Gasteiger partial charge in [-0.25, -0.2) is 9.59 Å². The van der Waals surface area contributed by atoms with Gasteiger partial charge in [0.05, 0.1) is 35.8 Å². The van der Waals surface area contributed by atoms with Crippen molar-refractivity contribution in [1.82, 2.24) is 0 Å². The van der Waals surface area contributed by atoms with Crippen molar-refractivity contribution in [3.8, 4) is 0 Å². The van der Waals surface area contributed by atoms with Crippen LogP contribution in [-0.2, 0) is 19.1 Å². The van der Waals surface area contributed by atoms with E-state index in [4.69, 9.17) is 9.47 Å². The van der Waals surface area contributed by atoms with Gasteiger partial charge in [-0.2, -0.15) is 0 Å². The number of carbonyl (C=O) groups excluding carboxylic acids is 2. The second-order valence-electron chi connectivity index (χ2n) is 7.11. The largest absolute Gasteiger partial charge is 0.460 e. The summed E-state index contributed by atoms with van der Waals surface area (Å²) in [6, 6.07) is 16.0. The molecule has 0 spiro atoms. The van der Waals surface area contributed by atoms with E-state index in [2.05, 4.69) is 23.0 Å². The molecule has 156 valence electrons. The molecule has 0 atom stereocenters. The molecule has 0 fully saturated rings. The van der Waals surface area contributed by atoms with Crippen LogP contribution >= 0.6 is 0 Å². The Morgan fingerprint density at radius 1 is 0.700 bits per heavy atom. The Kier molecular flexibility index (Phi) is 6.57. The number of carbonyl (C=O) groups is 2. The van der Waals surface area contributed by atoms with Crippen LogP contribution in [0.15, 0.2) is 72.8 Å². The van der Waals surface area contributed by atoms with Gasteiger partial charge in [-0.3, -0.25) is 0 Å². The summed E-state index contributed by atoms with van der Waals surface area (Å²) in [5, 5.41) is 0. The fraction of sp³-hybridized carbons (Fsp3) is 0.250. The summed E-state index contributed by atoms with van der Waals surface area (Å²) in [5.41, 5.74) is 4.74. The standard InChI is InChI=1S/C24H26N2O4/c1-17(2)23(27)29-15-13-25-19-9-5-7-11-21(19)26(14-16-30-24(28)18(3)4)22-12-8-6-10-20(22)25/h5-12H,1,3,13-16H2,2,4H3. The number of nitrogens with zero attached hydrogens (tertiary/aromatic N) is 2. The van der Waals surface area contributed by atoms with Crippen LogP contribution in [0.3, 0.4) is 0 Å². The Morgan fingerprint density at radius 2 is 1.00 bits per heavy atom. The minimum Gasteiger partial charge on any atom is -0.460 e. The highest BCUT2D eigenvalue weighted by Gasteiger charge is 2.28. The lowest BCUT2D eigenvalue weighted by atomic mass is 10.1. The lowest BCUT2D eigenvalue weighted by Gasteiger charge is -2.40. The molecule has 1 aliphatic rings. The highest BCUT2D eigenvalue weighted by molar-refractivity contribution is 5.93. The molecular formula is C24H26N2O4. The molecule has 3 rings (SSSR count). The molecule has 6 heteroatoms. The molecule has 0 saturated heterocycles. The van der Waals surface area contributed by atoms with Crippen LogP contribution in [0.2, 0.25) is 0 Å². The average Bonchev–Trinajstić information content (AvgIpc) is 2.74. The number of fused-ring (bicyclic) bond motifs is 2. The van der Waals surface area contributed by atoms with Gasteiger partial charge < -0.3 is 19.3 Å². The molecule has 2 aromatic carbocycles. The van der Waals surface area contributed by atoms with E-state index in [0.717, 1.165) is 22.7 Å². The van der Waals surface area contributed by atoms with Crippen molar-refractivity contribution < 1.29 is 19.1 Å². The Balaban J connectivity index is 1.84. The van der Waals surface area contributed by atoms with Gasteiger partial charge in [0.1, 0.15) is 13.2 Å². The minimum atomic E-state index is -0.394. The molecule has 0 aliphatic carbocycles. The molecule has 1 heterocycles. The molecule has 0 saturated carbocycles. The van der Waals surface area contributed by atoms with E-state index in [1.165, 1.54) is 0 Å². The smallest absolute Gasteiger partial charge is 0.333 e. The molecule has 1 aliphatic heterocycles. The van der Waals surface area contributed by atoms with Crippen LogP contribution in [-0.4, -0.2) is 38.2 Å². The van der Waals surface area contributed by atoms with Crippen molar-refractivity contribution in [2.24, 2.45) is 0 Å². The lowest BCUT2D eigenvalue weighted by molar-refractivity contribution is -0.139. The highest BCUT2D eigenvalue weighted by Crippen LogP contribution is 2.47. The predicted octanol–water partition coefficient (Wildman–Crippen LogP) is 4.51. The highest BCUT2D eigenvalue weighted by atomic mass is 16.5. The molecule has 0 bridgehead atoms. The third kappa shape index (κ3) is 4.54. The SMILES string of the molecule is C=C(C)C(=O)OCCN1c2ccccc2N(CCOC(=O)C(=C)C)c2ccccc21. The zero-order valence-corrected chi connectivity index (χ0v) is 17.4. The number of rotatable bonds is 8. The molecular weight excluding hydrogens is 380 g/mol. The zero-order valence-electron chi connectivity index (χ0n) is 17.4. The molecule has 2 aromatic rings. The molecule has 0 N–H and O–H groups in total. The van der Waals surface area contributed by atoms with Crippen LogP contribution in [0.4, 0.5) is 22.7 Å². The fourth-order valence-electron chi connectivity index (χ4n) is 3.29. The first-order chi connectivity index (χ1) is 14.4. The Bertz CT molecular complexity index is 857. The normalized spacial score (nSPS) is 11.9. The van der Waals surface area contributed by atoms with Crippen molar-refractivity contribution in [3.05, 3.63) is 72.8 Å². The van der Waals surface area contributed by atoms with Crippen LogP contribution in [0.1, 0.15) is 13.8 Å². The monoisotopic (exact) mass is 406 g/mol. The van der Waals surface area contributed by atoms with E-state index >= 15 is 0 Å². The number of anilines is 4. The van der Waals surface area contributed by atoms with Gasteiger partial charge in [-0.15, -0.1) is 0 Å². The van der Waals surface area contributed by atoms with Gasteiger partial charge in [0.15, 0.2) is 0 Å². The van der Waals surface area contributed by atoms with Crippen molar-refractivity contribution in [2.45, 2.75) is 13.8 Å². The summed E-state index contributed by atoms with van der Waals surface area (Å²) in [6.45, 7) is 12.0. The zero-order chi connectivity index (χ0) is 21.7. The topological polar surface area (TPSA) is 59.1 Å². The van der Waals surface area contributed by atoms with Crippen LogP contribution < -0.4 is 9.80 Å². The maximum Gasteiger partial charge on any atom is 0.333 e. The molecule has 0 aromatic heterocycles. The van der Waals surface area contributed by atoms with Crippen LogP contribution in [0, 0.1) is 0 Å². The van der Waals surface area contributed by atoms with Gasteiger partial charge >= 0.3 is 11.9 Å². The van der Waals surface area contributed by atoms with E-state index < -0.39 is 11.9 Å². The maximum absolute atomic E-state index is 11.8. The number of hydrogen-bond acceptors (Lipinski definition) is 6. The van der Waals surface area contributed by atoms with Crippen molar-refractivity contribution in [3.63, 3.8) is 0 Å². The second-order valence-corrected chi connectivity index (χ2v) is 7.11. The summed E-state index contributed by atoms with van der Waals surface area (Å²) in [4.78, 5) is 27.8. The maximum atomic E-state index is 11.8. The fourth-order valence-corrected chi connectivity index (χ4v) is 3.29. The third-order valence-electron chi connectivity index (χ3n) is 4.72. The lowest BCUT2D eigenvalue weighted by Crippen LogP contribution is -2.34. The van der Waals surface area contributed by atoms with Gasteiger partial charge in [0, 0.05) is 11.1 Å². The van der Waals surface area contributed by atoms with E-state index in [1.807, 2.05) is 48.5 Å². The van der Waals surface area contributed by atoms with Gasteiger partial charge in [-0.1, -0.05) is 37.4 Å². The van der Waals surface area contributed by atoms with Crippen molar-refractivity contribution >= 4 is 34.7 Å². The quantitative estimate of drug-likeness (QED) is 0.475. The molecule has 6 nitrogen and oxygen atoms in total. The summed E-state index contributed by atoms with van der Waals surface area (Å²) >= 11 is 0. The average molecular weight is 406 g/mol. The number of para-hydroxylation sites is 4. The number of esters is 2. The third-order valence-corrected chi connectivity index (χ3v) is 4.72. The number of hydrogen-bond donors (Lipinski definition) is 0. The summed E-state index contributed by atoms with van der Waals surface area (Å²) in [7, 11) is 0. The van der Waals surface area contributed by atoms with Crippen LogP contribution in [0.5, 0.6) is 0 Å². The Hall–Kier alpha value is -3.54. The summed E-state index contributed by atoms with van der Waals surface area (Å²) in [5.74, 6) is -0.788. The van der Waals surface area contributed by atoms with E-state index in [0.29, 0.717) is 24.2 Å². The van der Waals surface area contributed by atoms with Gasteiger partial charge in [-0.05, 0) is 38.1 Å². The predicted molar refractivity (Wildman–Crippen MR) is 118 cm³/mol. The molecule has 0 amide bonds. The number of ether oxygens (including phenoxy) is 2. The first kappa shape index (κ1) is 21.2. The Labute approximate surface area is 177 Å². The Morgan fingerprint density at radius 3 is 1.27 bits per heavy atom. The molecule has 0 radical (unpaired) electrons. The first-order valence-corrected chi connectivity index (χ1v) is 9.78. The van der Waals surface area contributed by atoms with Crippen LogP contribution in [0.25, 0.3) is 0 Å². The second kappa shape index (κ2) is 9.31. The summed E-state index contributed by atoms with van der Waals surface area (Å²) in [6.07, 6.45) is 0. The molecule has 0 unspecified atom stereocenters. The summed E-state index contributed by atoms with van der Waals surface area (Å²) < 4.78 is 10.6.